The molecule has 1 unspecified atom stereocenters. The number of anilines is 1. The Morgan fingerprint density at radius 2 is 1.83 bits per heavy atom. The molecule has 0 bridgehead atoms. The Labute approximate surface area is 176 Å². The van der Waals surface area contributed by atoms with Crippen LogP contribution in [0.1, 0.15) is 35.2 Å². The molecule has 2 aromatic rings. The molecule has 2 amide bonds. The maximum absolute atomic E-state index is 12.2. The van der Waals surface area contributed by atoms with Gasteiger partial charge in [-0.25, -0.2) is 0 Å². The van der Waals surface area contributed by atoms with Crippen molar-refractivity contribution in [3.8, 4) is 0 Å². The lowest BCUT2D eigenvalue weighted by molar-refractivity contribution is -0.119. The van der Waals surface area contributed by atoms with E-state index in [1.807, 2.05) is 30.3 Å². The molecule has 0 aliphatic carbocycles. The molecule has 3 rings (SSSR count). The van der Waals surface area contributed by atoms with Gasteiger partial charge in [0.15, 0.2) is 5.11 Å². The van der Waals surface area contributed by atoms with Gasteiger partial charge in [-0.05, 0) is 61.3 Å². The lowest BCUT2D eigenvalue weighted by Gasteiger charge is -2.12. The fraction of sp³-hybridized carbons (Fsp3) is 0.318. The molecular formula is C22H25N3O3S. The largest absolute Gasteiger partial charge is 0.376 e. The van der Waals surface area contributed by atoms with Gasteiger partial charge < -0.3 is 20.7 Å². The molecule has 1 aliphatic rings. The topological polar surface area (TPSA) is 79.5 Å². The average Bonchev–Trinajstić information content (AvgIpc) is 3.25. The molecule has 29 heavy (non-hydrogen) atoms. The highest BCUT2D eigenvalue weighted by atomic mass is 32.1. The number of amides is 2. The lowest BCUT2D eigenvalue weighted by Crippen LogP contribution is -2.34. The van der Waals surface area contributed by atoms with Crippen molar-refractivity contribution in [1.82, 2.24) is 10.6 Å². The molecule has 1 heterocycles. The number of benzene rings is 2. The highest BCUT2D eigenvalue weighted by molar-refractivity contribution is 7.80. The first-order valence-corrected chi connectivity index (χ1v) is 10.2. The van der Waals surface area contributed by atoms with Crippen LogP contribution in [0.4, 0.5) is 5.69 Å². The van der Waals surface area contributed by atoms with Crippen molar-refractivity contribution < 1.29 is 14.3 Å². The summed E-state index contributed by atoms with van der Waals surface area (Å²) < 4.78 is 5.50. The summed E-state index contributed by atoms with van der Waals surface area (Å²) in [5.74, 6) is -0.277. The number of carbonyl (C=O) groups is 2. The summed E-state index contributed by atoms with van der Waals surface area (Å²) >= 11 is 5.19. The monoisotopic (exact) mass is 411 g/mol. The minimum atomic E-state index is -0.142. The van der Waals surface area contributed by atoms with Gasteiger partial charge in [-0.1, -0.05) is 30.3 Å². The van der Waals surface area contributed by atoms with E-state index in [1.54, 1.807) is 24.3 Å². The molecule has 0 spiro atoms. The first kappa shape index (κ1) is 21.0. The predicted octanol–water partition coefficient (Wildman–Crippen LogP) is 3.04. The number of hydrogen-bond donors (Lipinski definition) is 3. The standard InChI is InChI=1S/C22H25N3O3S/c26-20(13-8-16-5-2-1-3-6-16)25-22(29)24-18-11-9-17(10-12-18)21(27)23-15-19-7-4-14-28-19/h1-3,5-6,9-12,19H,4,7-8,13-15H2,(H,23,27)(H2,24,25,26,29). The zero-order chi connectivity index (χ0) is 20.5. The molecule has 0 radical (unpaired) electrons. The number of aryl methyl sites for hydroxylation is 1. The Kier molecular flexibility index (Phi) is 7.72. The van der Waals surface area contributed by atoms with Gasteiger partial charge >= 0.3 is 0 Å². The van der Waals surface area contributed by atoms with E-state index in [0.29, 0.717) is 30.6 Å². The SMILES string of the molecule is O=C(CCc1ccccc1)NC(=S)Nc1ccc(C(=O)NCC2CCCO2)cc1. The Balaban J connectivity index is 1.40. The summed E-state index contributed by atoms with van der Waals surface area (Å²) in [6.45, 7) is 1.29. The first-order valence-electron chi connectivity index (χ1n) is 9.75. The highest BCUT2D eigenvalue weighted by Crippen LogP contribution is 2.12. The van der Waals surface area contributed by atoms with Crippen LogP contribution in [0.3, 0.4) is 0 Å². The van der Waals surface area contributed by atoms with Gasteiger partial charge in [0.25, 0.3) is 5.91 Å². The van der Waals surface area contributed by atoms with Crippen molar-refractivity contribution >= 4 is 34.8 Å². The molecule has 1 fully saturated rings. The number of nitrogens with one attached hydrogen (secondary N) is 3. The fourth-order valence-corrected chi connectivity index (χ4v) is 3.30. The van der Waals surface area contributed by atoms with Crippen molar-refractivity contribution in [2.45, 2.75) is 31.8 Å². The maximum Gasteiger partial charge on any atom is 0.251 e. The average molecular weight is 412 g/mol. The van der Waals surface area contributed by atoms with Crippen LogP contribution in [-0.4, -0.2) is 36.2 Å². The second-order valence-electron chi connectivity index (χ2n) is 6.91. The van der Waals surface area contributed by atoms with Crippen molar-refractivity contribution in [2.75, 3.05) is 18.5 Å². The first-order chi connectivity index (χ1) is 14.1. The van der Waals surface area contributed by atoms with Gasteiger partial charge in [0.05, 0.1) is 6.10 Å². The zero-order valence-corrected chi connectivity index (χ0v) is 17.0. The van der Waals surface area contributed by atoms with Gasteiger partial charge in [-0.3, -0.25) is 9.59 Å². The van der Waals surface area contributed by atoms with Crippen LogP contribution < -0.4 is 16.0 Å². The second kappa shape index (κ2) is 10.7. The Morgan fingerprint density at radius 1 is 1.07 bits per heavy atom. The quantitative estimate of drug-likeness (QED) is 0.611. The predicted molar refractivity (Wildman–Crippen MR) is 117 cm³/mol. The Hall–Kier alpha value is -2.77. The van der Waals surface area contributed by atoms with E-state index in [0.717, 1.165) is 25.0 Å². The molecule has 7 heteroatoms. The molecule has 6 nitrogen and oxygen atoms in total. The molecule has 3 N–H and O–H groups in total. The number of hydrogen-bond acceptors (Lipinski definition) is 4. The zero-order valence-electron chi connectivity index (χ0n) is 16.1. The molecule has 1 saturated heterocycles. The summed E-state index contributed by atoms with van der Waals surface area (Å²) in [5, 5.41) is 8.76. The van der Waals surface area contributed by atoms with Crippen LogP contribution in [0.25, 0.3) is 0 Å². The van der Waals surface area contributed by atoms with E-state index in [4.69, 9.17) is 17.0 Å². The molecule has 0 aromatic heterocycles. The Morgan fingerprint density at radius 3 is 2.52 bits per heavy atom. The maximum atomic E-state index is 12.2. The van der Waals surface area contributed by atoms with E-state index >= 15 is 0 Å². The summed E-state index contributed by atoms with van der Waals surface area (Å²) in [6.07, 6.45) is 3.16. The van der Waals surface area contributed by atoms with E-state index in [9.17, 15) is 9.59 Å². The minimum Gasteiger partial charge on any atom is -0.376 e. The molecule has 0 saturated carbocycles. The smallest absolute Gasteiger partial charge is 0.251 e. The van der Waals surface area contributed by atoms with Crippen LogP contribution >= 0.6 is 12.2 Å². The molecule has 152 valence electrons. The summed E-state index contributed by atoms with van der Waals surface area (Å²) in [5.41, 5.74) is 2.37. The van der Waals surface area contributed by atoms with Crippen LogP contribution in [0.15, 0.2) is 54.6 Å². The lowest BCUT2D eigenvalue weighted by atomic mass is 10.1. The Bertz CT molecular complexity index is 834. The molecular weight excluding hydrogens is 386 g/mol. The second-order valence-corrected chi connectivity index (χ2v) is 7.32. The normalized spacial score (nSPS) is 15.5. The van der Waals surface area contributed by atoms with Crippen molar-refractivity contribution in [1.29, 1.82) is 0 Å². The number of ether oxygens (including phenoxy) is 1. The van der Waals surface area contributed by atoms with Gasteiger partial charge in [0, 0.05) is 30.8 Å². The minimum absolute atomic E-state index is 0.114. The molecule has 1 atom stereocenters. The van der Waals surface area contributed by atoms with Crippen LogP contribution in [0.5, 0.6) is 0 Å². The van der Waals surface area contributed by atoms with Gasteiger partial charge in [0.2, 0.25) is 5.91 Å². The number of thiocarbonyl (C=S) groups is 1. The number of carbonyl (C=O) groups excluding carboxylic acids is 2. The van der Waals surface area contributed by atoms with Crippen molar-refractivity contribution in [3.63, 3.8) is 0 Å². The summed E-state index contributed by atoms with van der Waals surface area (Å²) in [6, 6.07) is 16.8. The van der Waals surface area contributed by atoms with Gasteiger partial charge in [-0.15, -0.1) is 0 Å². The highest BCUT2D eigenvalue weighted by Gasteiger charge is 2.16. The van der Waals surface area contributed by atoms with Gasteiger partial charge in [0.1, 0.15) is 0 Å². The third kappa shape index (κ3) is 6.96. The summed E-state index contributed by atoms with van der Waals surface area (Å²) in [7, 11) is 0. The van der Waals surface area contributed by atoms with E-state index in [2.05, 4.69) is 16.0 Å². The van der Waals surface area contributed by atoms with Crippen molar-refractivity contribution in [3.05, 3.63) is 65.7 Å². The van der Waals surface area contributed by atoms with E-state index < -0.39 is 0 Å². The summed E-state index contributed by atoms with van der Waals surface area (Å²) in [4.78, 5) is 24.2. The van der Waals surface area contributed by atoms with Crippen LogP contribution in [0.2, 0.25) is 0 Å². The van der Waals surface area contributed by atoms with Crippen molar-refractivity contribution in [2.24, 2.45) is 0 Å². The van der Waals surface area contributed by atoms with E-state index in [1.165, 1.54) is 0 Å². The van der Waals surface area contributed by atoms with E-state index in [-0.39, 0.29) is 23.0 Å². The third-order valence-corrected chi connectivity index (χ3v) is 4.86. The fourth-order valence-electron chi connectivity index (χ4n) is 3.07. The van der Waals surface area contributed by atoms with Crippen LogP contribution in [-0.2, 0) is 16.0 Å². The van der Waals surface area contributed by atoms with Crippen LogP contribution in [0, 0.1) is 0 Å². The molecule has 1 aliphatic heterocycles. The third-order valence-electron chi connectivity index (χ3n) is 4.66. The molecule has 2 aromatic carbocycles. The van der Waals surface area contributed by atoms with Gasteiger partial charge in [-0.2, -0.15) is 0 Å². The number of rotatable bonds is 7.